The molecule has 2 atom stereocenters. The number of aromatic nitrogens is 2. The van der Waals surface area contributed by atoms with Crippen molar-refractivity contribution < 1.29 is 14.3 Å². The van der Waals surface area contributed by atoms with E-state index in [4.69, 9.17) is 14.7 Å². The van der Waals surface area contributed by atoms with Crippen LogP contribution in [0, 0.1) is 23.2 Å². The zero-order valence-corrected chi connectivity index (χ0v) is 18.5. The second-order valence-electron chi connectivity index (χ2n) is 7.91. The molecule has 1 aliphatic carbocycles. The topological polar surface area (TPSA) is 117 Å². The fraction of sp³-hybridized carbons (Fsp3) is 0.391. The number of amides is 1. The summed E-state index contributed by atoms with van der Waals surface area (Å²) in [6.07, 6.45) is 2.80. The van der Waals surface area contributed by atoms with E-state index in [9.17, 15) is 9.59 Å². The lowest BCUT2D eigenvalue weighted by Crippen LogP contribution is -2.27. The van der Waals surface area contributed by atoms with E-state index in [2.05, 4.69) is 21.4 Å². The van der Waals surface area contributed by atoms with Crippen molar-refractivity contribution in [1.29, 1.82) is 5.26 Å². The predicted molar refractivity (Wildman–Crippen MR) is 121 cm³/mol. The van der Waals surface area contributed by atoms with Crippen molar-refractivity contribution in [2.24, 2.45) is 11.8 Å². The second kappa shape index (κ2) is 9.94. The average Bonchev–Trinajstić information content (AvgIpc) is 3.45. The second-order valence-corrected chi connectivity index (χ2v) is 8.77. The van der Waals surface area contributed by atoms with Crippen LogP contribution in [0.1, 0.15) is 41.0 Å². The normalized spacial score (nSPS) is 17.9. The van der Waals surface area contributed by atoms with Gasteiger partial charge in [0.15, 0.2) is 0 Å². The lowest BCUT2D eigenvalue weighted by atomic mass is 10.1. The van der Waals surface area contributed by atoms with E-state index in [0.29, 0.717) is 35.1 Å². The number of carbonyl (C=O) groups is 1. The predicted octanol–water partition coefficient (Wildman–Crippen LogP) is 3.38. The van der Waals surface area contributed by atoms with Gasteiger partial charge < -0.3 is 19.8 Å². The van der Waals surface area contributed by atoms with Gasteiger partial charge in [0, 0.05) is 24.6 Å². The van der Waals surface area contributed by atoms with Crippen molar-refractivity contribution in [3.63, 3.8) is 0 Å². The van der Waals surface area contributed by atoms with Crippen molar-refractivity contribution in [3.8, 4) is 11.8 Å². The highest BCUT2D eigenvalue weighted by atomic mass is 32.1. The summed E-state index contributed by atoms with van der Waals surface area (Å²) in [6.45, 7) is 1.17. The first-order chi connectivity index (χ1) is 15.6. The van der Waals surface area contributed by atoms with Gasteiger partial charge in [-0.2, -0.15) is 5.26 Å². The first-order valence-corrected chi connectivity index (χ1v) is 11.3. The van der Waals surface area contributed by atoms with Gasteiger partial charge in [0.1, 0.15) is 10.6 Å². The van der Waals surface area contributed by atoms with E-state index >= 15 is 0 Å². The van der Waals surface area contributed by atoms with Crippen LogP contribution >= 0.6 is 11.3 Å². The van der Waals surface area contributed by atoms with Crippen LogP contribution < -0.4 is 15.6 Å². The van der Waals surface area contributed by atoms with Crippen molar-refractivity contribution in [2.45, 2.75) is 32.4 Å². The minimum atomic E-state index is -0.452. The molecule has 32 heavy (non-hydrogen) atoms. The molecule has 0 spiro atoms. The SMILES string of the molecule is COc1cccc(CNC(=O)c2nc3scc(COCC4CCC(C#N)C4)c3c(=O)[nH]2)c1. The average molecular weight is 453 g/mol. The minimum absolute atomic E-state index is 0.0202. The number of hydrogen-bond acceptors (Lipinski definition) is 7. The lowest BCUT2D eigenvalue weighted by molar-refractivity contribution is 0.0890. The monoisotopic (exact) mass is 452 g/mol. The molecule has 2 N–H and O–H groups in total. The number of aromatic amines is 1. The van der Waals surface area contributed by atoms with Gasteiger partial charge in [0.2, 0.25) is 5.82 Å². The van der Waals surface area contributed by atoms with Crippen LogP contribution in [0.5, 0.6) is 5.75 Å². The van der Waals surface area contributed by atoms with Gasteiger partial charge >= 0.3 is 0 Å². The molecule has 2 unspecified atom stereocenters. The van der Waals surface area contributed by atoms with Gasteiger partial charge in [-0.3, -0.25) is 9.59 Å². The van der Waals surface area contributed by atoms with Gasteiger partial charge in [-0.15, -0.1) is 11.3 Å². The van der Waals surface area contributed by atoms with Crippen LogP contribution in [0.2, 0.25) is 0 Å². The van der Waals surface area contributed by atoms with E-state index < -0.39 is 5.91 Å². The maximum Gasteiger partial charge on any atom is 0.287 e. The largest absolute Gasteiger partial charge is 0.497 e. The molecular formula is C23H24N4O4S. The number of nitrogens with zero attached hydrogens (tertiary/aromatic N) is 2. The molecule has 0 aliphatic heterocycles. The van der Waals surface area contributed by atoms with Crippen LogP contribution in [-0.4, -0.2) is 29.6 Å². The van der Waals surface area contributed by atoms with Crippen molar-refractivity contribution in [2.75, 3.05) is 13.7 Å². The summed E-state index contributed by atoms with van der Waals surface area (Å²) in [4.78, 5) is 32.6. The smallest absolute Gasteiger partial charge is 0.287 e. The molecule has 0 bridgehead atoms. The Bertz CT molecular complexity index is 1210. The van der Waals surface area contributed by atoms with E-state index in [1.165, 1.54) is 11.3 Å². The van der Waals surface area contributed by atoms with Gasteiger partial charge in [-0.1, -0.05) is 12.1 Å². The minimum Gasteiger partial charge on any atom is -0.497 e. The molecular weight excluding hydrogens is 428 g/mol. The highest BCUT2D eigenvalue weighted by molar-refractivity contribution is 7.16. The zero-order chi connectivity index (χ0) is 22.5. The Labute approximate surface area is 189 Å². The van der Waals surface area contributed by atoms with Crippen molar-refractivity contribution in [1.82, 2.24) is 15.3 Å². The molecule has 2 aromatic heterocycles. The van der Waals surface area contributed by atoms with Crippen molar-refractivity contribution in [3.05, 3.63) is 57.0 Å². The van der Waals surface area contributed by atoms with Gasteiger partial charge in [-0.05, 0) is 48.3 Å². The highest BCUT2D eigenvalue weighted by Crippen LogP contribution is 2.31. The third-order valence-electron chi connectivity index (χ3n) is 5.66. The number of nitriles is 1. The van der Waals surface area contributed by atoms with Crippen LogP contribution in [0.3, 0.4) is 0 Å². The Balaban J connectivity index is 1.39. The third-order valence-corrected chi connectivity index (χ3v) is 6.58. The first kappa shape index (κ1) is 22.0. The molecule has 8 nitrogen and oxygen atoms in total. The van der Waals surface area contributed by atoms with Crippen LogP contribution in [0.15, 0.2) is 34.4 Å². The van der Waals surface area contributed by atoms with E-state index in [1.54, 1.807) is 7.11 Å². The van der Waals surface area contributed by atoms with E-state index in [0.717, 1.165) is 30.4 Å². The fourth-order valence-corrected chi connectivity index (χ4v) is 4.87. The third kappa shape index (κ3) is 4.98. The molecule has 1 amide bonds. The maximum atomic E-state index is 12.7. The molecule has 1 saturated carbocycles. The number of benzene rings is 1. The number of carbonyl (C=O) groups excluding carboxylic acids is 1. The molecule has 0 saturated heterocycles. The number of hydrogen-bond donors (Lipinski definition) is 2. The van der Waals surface area contributed by atoms with Crippen LogP contribution in [0.25, 0.3) is 10.2 Å². The molecule has 1 aliphatic rings. The Morgan fingerprint density at radius 2 is 2.28 bits per heavy atom. The number of ether oxygens (including phenoxy) is 2. The summed E-state index contributed by atoms with van der Waals surface area (Å²) in [7, 11) is 1.58. The summed E-state index contributed by atoms with van der Waals surface area (Å²) < 4.78 is 11.0. The number of H-pyrrole nitrogens is 1. The van der Waals surface area contributed by atoms with E-state index in [-0.39, 0.29) is 23.8 Å². The Kier molecular flexibility index (Phi) is 6.83. The Hall–Kier alpha value is -3.22. The lowest BCUT2D eigenvalue weighted by Gasteiger charge is -2.09. The first-order valence-electron chi connectivity index (χ1n) is 10.5. The van der Waals surface area contributed by atoms with Gasteiger partial charge in [-0.25, -0.2) is 4.98 Å². The van der Waals surface area contributed by atoms with Crippen LogP contribution in [-0.2, 0) is 17.9 Å². The highest BCUT2D eigenvalue weighted by Gasteiger charge is 2.24. The fourth-order valence-electron chi connectivity index (χ4n) is 3.95. The number of rotatable bonds is 8. The standard InChI is InChI=1S/C23H24N4O4S/c1-30-18-4-2-3-15(8-18)10-25-22(29)20-26-21(28)19-17(13-32-23(19)27-20)12-31-11-16-6-5-14(7-16)9-24/h2-4,8,13-14,16H,5-7,10-12H2,1H3,(H,25,29)(H,26,27,28). The number of methoxy groups -OCH3 is 1. The number of thiophene rings is 1. The molecule has 3 aromatic rings. The van der Waals surface area contributed by atoms with Gasteiger partial charge in [0.25, 0.3) is 11.5 Å². The maximum absolute atomic E-state index is 12.7. The van der Waals surface area contributed by atoms with Crippen molar-refractivity contribution >= 4 is 27.5 Å². The molecule has 0 radical (unpaired) electrons. The quantitative estimate of drug-likeness (QED) is 0.541. The molecule has 9 heteroatoms. The summed E-state index contributed by atoms with van der Waals surface area (Å²) in [5.41, 5.74) is 1.28. The zero-order valence-electron chi connectivity index (χ0n) is 17.7. The van der Waals surface area contributed by atoms with Gasteiger partial charge in [0.05, 0.1) is 25.2 Å². The summed E-state index contributed by atoms with van der Waals surface area (Å²) in [5.74, 6) is 0.752. The number of nitrogens with one attached hydrogen (secondary N) is 2. The Morgan fingerprint density at radius 1 is 1.41 bits per heavy atom. The molecule has 2 heterocycles. The summed E-state index contributed by atoms with van der Waals surface area (Å²) in [6, 6.07) is 9.70. The molecule has 4 rings (SSSR count). The molecule has 166 valence electrons. The summed E-state index contributed by atoms with van der Waals surface area (Å²) in [5, 5.41) is 14.1. The van der Waals surface area contributed by atoms with E-state index in [1.807, 2.05) is 29.6 Å². The molecule has 1 fully saturated rings. The Morgan fingerprint density at radius 3 is 3.06 bits per heavy atom. The summed E-state index contributed by atoms with van der Waals surface area (Å²) >= 11 is 1.32. The molecule has 1 aromatic carbocycles. The van der Waals surface area contributed by atoms with Crippen LogP contribution in [0.4, 0.5) is 0 Å². The number of fused-ring (bicyclic) bond motifs is 1.